The number of ether oxygens (including phenoxy) is 1. The van der Waals surface area contributed by atoms with Crippen molar-refractivity contribution in [2.75, 3.05) is 13.2 Å². The van der Waals surface area contributed by atoms with E-state index in [1.165, 1.54) is 17.5 Å². The lowest BCUT2D eigenvalue weighted by Crippen LogP contribution is -2.41. The van der Waals surface area contributed by atoms with Crippen molar-refractivity contribution in [2.45, 2.75) is 58.4 Å². The molecule has 1 aromatic carbocycles. The molecule has 0 aromatic heterocycles. The molecular weight excluding hydrogens is 360 g/mol. The fourth-order valence-electron chi connectivity index (χ4n) is 3.09. The predicted molar refractivity (Wildman–Crippen MR) is 104 cm³/mol. The number of Topliss-reactive ketones (excluding diaryl/α,β-unsaturated/α-hetero) is 1. The van der Waals surface area contributed by atoms with Crippen LogP contribution in [0.3, 0.4) is 0 Å². The summed E-state index contributed by atoms with van der Waals surface area (Å²) >= 11 is 0. The van der Waals surface area contributed by atoms with Gasteiger partial charge in [-0.25, -0.2) is 0 Å². The van der Waals surface area contributed by atoms with Gasteiger partial charge >= 0.3 is 5.97 Å². The molecule has 0 spiro atoms. The summed E-state index contributed by atoms with van der Waals surface area (Å²) < 4.78 is 4.86. The second kappa shape index (κ2) is 10.6. The van der Waals surface area contributed by atoms with E-state index in [0.29, 0.717) is 5.56 Å². The number of carbonyl (C=O) groups excluding carboxylic acids is 4. The van der Waals surface area contributed by atoms with Crippen molar-refractivity contribution in [1.82, 2.24) is 10.6 Å². The van der Waals surface area contributed by atoms with Crippen LogP contribution in [0.1, 0.15) is 61.0 Å². The van der Waals surface area contributed by atoms with Crippen LogP contribution >= 0.6 is 0 Å². The zero-order valence-corrected chi connectivity index (χ0v) is 16.5. The smallest absolute Gasteiger partial charge is 0.306 e. The van der Waals surface area contributed by atoms with Gasteiger partial charge in [0.1, 0.15) is 0 Å². The minimum absolute atomic E-state index is 0.0186. The molecule has 2 rings (SSSR count). The molecule has 1 aliphatic rings. The van der Waals surface area contributed by atoms with Crippen LogP contribution < -0.4 is 10.6 Å². The van der Waals surface area contributed by atoms with Gasteiger partial charge < -0.3 is 15.4 Å². The van der Waals surface area contributed by atoms with E-state index < -0.39 is 18.5 Å². The molecular formula is C21H28N2O5. The van der Waals surface area contributed by atoms with E-state index in [0.717, 1.165) is 19.3 Å². The Morgan fingerprint density at radius 1 is 1.00 bits per heavy atom. The zero-order chi connectivity index (χ0) is 20.5. The molecule has 0 atom stereocenters. The first kappa shape index (κ1) is 21.6. The standard InChI is InChI=1S/C21H28N2O5/c1-14(2)23-19(25)12-22-20(26)13-28-21(27)10-9-18(24)17-8-7-15-5-3-4-6-16(15)11-17/h7-8,11,14H,3-6,9-10,12-13H2,1-2H3,(H,22,26)(H,23,25). The highest BCUT2D eigenvalue weighted by Crippen LogP contribution is 2.22. The zero-order valence-electron chi connectivity index (χ0n) is 16.5. The lowest BCUT2D eigenvalue weighted by molar-refractivity contribution is -0.148. The Bertz CT molecular complexity index is 742. The molecule has 0 saturated heterocycles. The molecule has 28 heavy (non-hydrogen) atoms. The average Bonchev–Trinajstić information content (AvgIpc) is 2.68. The minimum Gasteiger partial charge on any atom is -0.456 e. The number of rotatable bonds is 9. The molecule has 2 amide bonds. The van der Waals surface area contributed by atoms with Crippen molar-refractivity contribution in [1.29, 1.82) is 0 Å². The van der Waals surface area contributed by atoms with Gasteiger partial charge in [0.15, 0.2) is 12.4 Å². The number of hydrogen-bond donors (Lipinski definition) is 2. The van der Waals surface area contributed by atoms with Crippen molar-refractivity contribution in [3.05, 3.63) is 34.9 Å². The van der Waals surface area contributed by atoms with Crippen LogP contribution in [-0.2, 0) is 32.0 Å². The van der Waals surface area contributed by atoms with E-state index in [9.17, 15) is 19.2 Å². The molecule has 0 fully saturated rings. The van der Waals surface area contributed by atoms with E-state index >= 15 is 0 Å². The van der Waals surface area contributed by atoms with E-state index in [2.05, 4.69) is 10.6 Å². The summed E-state index contributed by atoms with van der Waals surface area (Å²) in [6.45, 7) is 2.98. The molecule has 0 aliphatic heterocycles. The Balaban J connectivity index is 1.68. The lowest BCUT2D eigenvalue weighted by atomic mass is 9.89. The molecule has 7 heteroatoms. The van der Waals surface area contributed by atoms with Gasteiger partial charge in [-0.1, -0.05) is 12.1 Å². The number of benzene rings is 1. The first-order chi connectivity index (χ1) is 13.3. The topological polar surface area (TPSA) is 102 Å². The highest BCUT2D eigenvalue weighted by Gasteiger charge is 2.15. The van der Waals surface area contributed by atoms with Crippen molar-refractivity contribution in [3.63, 3.8) is 0 Å². The third kappa shape index (κ3) is 7.13. The molecule has 7 nitrogen and oxygen atoms in total. The Kier molecular flexibility index (Phi) is 8.17. The van der Waals surface area contributed by atoms with E-state index in [1.807, 2.05) is 32.0 Å². The third-order valence-corrected chi connectivity index (χ3v) is 4.49. The number of fused-ring (bicyclic) bond motifs is 1. The SMILES string of the molecule is CC(C)NC(=O)CNC(=O)COC(=O)CCC(=O)c1ccc2c(c1)CCCC2. The molecule has 0 radical (unpaired) electrons. The van der Waals surface area contributed by atoms with Crippen LogP contribution in [0.2, 0.25) is 0 Å². The van der Waals surface area contributed by atoms with Gasteiger partial charge in [0, 0.05) is 18.0 Å². The first-order valence-corrected chi connectivity index (χ1v) is 9.72. The largest absolute Gasteiger partial charge is 0.456 e. The quantitative estimate of drug-likeness (QED) is 0.495. The molecule has 1 aromatic rings. The van der Waals surface area contributed by atoms with Gasteiger partial charge in [0.25, 0.3) is 5.91 Å². The summed E-state index contributed by atoms with van der Waals surface area (Å²) in [6.07, 6.45) is 4.31. The Morgan fingerprint density at radius 2 is 1.71 bits per heavy atom. The number of hydrogen-bond acceptors (Lipinski definition) is 5. The fourth-order valence-corrected chi connectivity index (χ4v) is 3.09. The molecule has 0 bridgehead atoms. The highest BCUT2D eigenvalue weighted by molar-refractivity contribution is 5.98. The third-order valence-electron chi connectivity index (χ3n) is 4.49. The van der Waals surface area contributed by atoms with Crippen molar-refractivity contribution >= 4 is 23.6 Å². The Labute approximate surface area is 165 Å². The maximum atomic E-state index is 12.3. The maximum absolute atomic E-state index is 12.3. The fraction of sp³-hybridized carbons (Fsp3) is 0.524. The summed E-state index contributed by atoms with van der Waals surface area (Å²) in [6, 6.07) is 5.72. The van der Waals surface area contributed by atoms with E-state index in [-0.39, 0.29) is 37.1 Å². The molecule has 0 unspecified atom stereocenters. The Morgan fingerprint density at radius 3 is 2.43 bits per heavy atom. The monoisotopic (exact) mass is 388 g/mol. The number of nitrogens with one attached hydrogen (secondary N) is 2. The summed E-state index contributed by atoms with van der Waals surface area (Å²) in [4.78, 5) is 47.1. The van der Waals surface area contributed by atoms with Crippen LogP contribution in [-0.4, -0.2) is 42.8 Å². The van der Waals surface area contributed by atoms with Crippen molar-refractivity contribution in [3.8, 4) is 0 Å². The van der Waals surface area contributed by atoms with Crippen molar-refractivity contribution in [2.24, 2.45) is 0 Å². The number of amides is 2. The molecule has 0 saturated carbocycles. The van der Waals surface area contributed by atoms with Crippen LogP contribution in [0.25, 0.3) is 0 Å². The molecule has 1 aliphatic carbocycles. The van der Waals surface area contributed by atoms with Gasteiger partial charge in [0.2, 0.25) is 5.91 Å². The average molecular weight is 388 g/mol. The van der Waals surface area contributed by atoms with Gasteiger partial charge in [0.05, 0.1) is 13.0 Å². The van der Waals surface area contributed by atoms with E-state index in [4.69, 9.17) is 4.74 Å². The number of carbonyl (C=O) groups is 4. The molecule has 0 heterocycles. The van der Waals surface area contributed by atoms with Gasteiger partial charge in [-0.3, -0.25) is 19.2 Å². The van der Waals surface area contributed by atoms with Gasteiger partial charge in [-0.2, -0.15) is 0 Å². The maximum Gasteiger partial charge on any atom is 0.306 e. The Hall–Kier alpha value is -2.70. The number of esters is 1. The normalized spacial score (nSPS) is 12.8. The summed E-state index contributed by atoms with van der Waals surface area (Å²) in [5, 5.41) is 5.00. The first-order valence-electron chi connectivity index (χ1n) is 9.72. The van der Waals surface area contributed by atoms with Crippen LogP contribution in [0, 0.1) is 0 Å². The second-order valence-corrected chi connectivity index (χ2v) is 7.27. The number of aryl methyl sites for hydroxylation is 2. The van der Waals surface area contributed by atoms with Crippen LogP contribution in [0.15, 0.2) is 18.2 Å². The summed E-state index contributed by atoms with van der Waals surface area (Å²) in [5.74, 6) is -1.60. The summed E-state index contributed by atoms with van der Waals surface area (Å²) in [7, 11) is 0. The molecule has 152 valence electrons. The van der Waals surface area contributed by atoms with Crippen molar-refractivity contribution < 1.29 is 23.9 Å². The van der Waals surface area contributed by atoms with Crippen LogP contribution in [0.5, 0.6) is 0 Å². The minimum atomic E-state index is -0.618. The predicted octanol–water partition coefficient (Wildman–Crippen LogP) is 1.71. The number of ketones is 1. The van der Waals surface area contributed by atoms with Gasteiger partial charge in [-0.05, 0) is 56.7 Å². The second-order valence-electron chi connectivity index (χ2n) is 7.27. The lowest BCUT2D eigenvalue weighted by Gasteiger charge is -2.16. The molecule has 2 N–H and O–H groups in total. The highest BCUT2D eigenvalue weighted by atomic mass is 16.5. The van der Waals surface area contributed by atoms with Gasteiger partial charge in [-0.15, -0.1) is 0 Å². The summed E-state index contributed by atoms with van der Waals surface area (Å²) in [5.41, 5.74) is 3.13. The van der Waals surface area contributed by atoms with Crippen LogP contribution in [0.4, 0.5) is 0 Å². The van der Waals surface area contributed by atoms with E-state index in [1.54, 1.807) is 0 Å².